The van der Waals surface area contributed by atoms with Crippen molar-refractivity contribution in [1.29, 1.82) is 0 Å². The van der Waals surface area contributed by atoms with Crippen LogP contribution in [0.25, 0.3) is 22.2 Å². The molecule has 148 valence electrons. The van der Waals surface area contributed by atoms with E-state index in [-0.39, 0.29) is 12.4 Å². The second kappa shape index (κ2) is 7.74. The lowest BCUT2D eigenvalue weighted by atomic mass is 10.0. The molecule has 0 saturated carbocycles. The number of aryl methyl sites for hydroxylation is 1. The van der Waals surface area contributed by atoms with Gasteiger partial charge in [0.1, 0.15) is 11.5 Å². The van der Waals surface area contributed by atoms with Gasteiger partial charge < -0.3 is 14.5 Å². The Labute approximate surface area is 171 Å². The molecule has 0 radical (unpaired) electrons. The van der Waals surface area contributed by atoms with Crippen molar-refractivity contribution in [3.05, 3.63) is 47.9 Å². The molecule has 2 fully saturated rings. The lowest BCUT2D eigenvalue weighted by Crippen LogP contribution is -2.50. The molecule has 1 N–H and O–H groups in total. The monoisotopic (exact) mass is 399 g/mol. The van der Waals surface area contributed by atoms with Crippen molar-refractivity contribution in [2.24, 2.45) is 0 Å². The van der Waals surface area contributed by atoms with Gasteiger partial charge in [0.05, 0.1) is 12.8 Å². The Kier molecular flexibility index (Phi) is 5.32. The predicted molar refractivity (Wildman–Crippen MR) is 113 cm³/mol. The maximum absolute atomic E-state index is 6.10. The summed E-state index contributed by atoms with van der Waals surface area (Å²) in [5.41, 5.74) is 2.06. The minimum Gasteiger partial charge on any atom is -0.496 e. The number of piperazine rings is 1. The van der Waals surface area contributed by atoms with Crippen molar-refractivity contribution < 1.29 is 9.15 Å². The van der Waals surface area contributed by atoms with Crippen molar-refractivity contribution in [2.75, 3.05) is 20.2 Å². The van der Waals surface area contributed by atoms with Gasteiger partial charge in [0, 0.05) is 42.7 Å². The highest BCUT2D eigenvalue weighted by atomic mass is 35.5. The Hall–Kier alpha value is -2.08. The lowest BCUT2D eigenvalue weighted by molar-refractivity contribution is 0.186. The Morgan fingerprint density at radius 2 is 1.82 bits per heavy atom. The number of halogens is 1. The maximum Gasteiger partial charge on any atom is 0.227 e. The maximum atomic E-state index is 6.10. The summed E-state index contributed by atoms with van der Waals surface area (Å²) in [6, 6.07) is 13.6. The smallest absolute Gasteiger partial charge is 0.227 e. The summed E-state index contributed by atoms with van der Waals surface area (Å²) in [5.74, 6) is 2.48. The molecule has 2 saturated heterocycles. The average Bonchev–Trinajstić information content (AvgIpc) is 3.22. The molecule has 6 heteroatoms. The third kappa shape index (κ3) is 3.39. The zero-order chi connectivity index (χ0) is 18.4. The average molecular weight is 400 g/mol. The van der Waals surface area contributed by atoms with Crippen LogP contribution in [0.5, 0.6) is 5.75 Å². The first-order chi connectivity index (χ1) is 13.2. The van der Waals surface area contributed by atoms with Crippen LogP contribution in [0.1, 0.15) is 24.3 Å². The zero-order valence-electron chi connectivity index (χ0n) is 16.3. The number of aromatic nitrogens is 1. The van der Waals surface area contributed by atoms with Crippen LogP contribution in [-0.2, 0) is 6.54 Å². The highest BCUT2D eigenvalue weighted by Gasteiger charge is 2.32. The number of benzene rings is 2. The molecule has 2 aliphatic heterocycles. The molecule has 2 aromatic carbocycles. The molecule has 1 aromatic heterocycles. The third-order valence-corrected chi connectivity index (χ3v) is 5.89. The van der Waals surface area contributed by atoms with E-state index in [2.05, 4.69) is 22.3 Å². The summed E-state index contributed by atoms with van der Waals surface area (Å²) in [4.78, 5) is 7.39. The second-order valence-electron chi connectivity index (χ2n) is 7.71. The SMILES string of the molecule is COc1ccc(-c2nc(CN3C[C@H]4CC[C@@H](C3)N4)c(C)o2)c2ccccc12.Cl. The fourth-order valence-electron chi connectivity index (χ4n) is 4.55. The number of nitrogens with zero attached hydrogens (tertiary/aromatic N) is 2. The number of ether oxygens (including phenoxy) is 1. The Morgan fingerprint density at radius 3 is 2.54 bits per heavy atom. The number of hydrogen-bond donors (Lipinski definition) is 1. The Bertz CT molecular complexity index is 975. The van der Waals surface area contributed by atoms with Crippen LogP contribution in [0.4, 0.5) is 0 Å². The zero-order valence-corrected chi connectivity index (χ0v) is 17.1. The normalized spacial score (nSPS) is 21.6. The highest BCUT2D eigenvalue weighted by Crippen LogP contribution is 2.35. The van der Waals surface area contributed by atoms with Crippen LogP contribution in [0, 0.1) is 6.92 Å². The summed E-state index contributed by atoms with van der Waals surface area (Å²) in [6.07, 6.45) is 2.59. The van der Waals surface area contributed by atoms with Gasteiger partial charge in [0.25, 0.3) is 0 Å². The van der Waals surface area contributed by atoms with Crippen LogP contribution in [0.2, 0.25) is 0 Å². The van der Waals surface area contributed by atoms with Gasteiger partial charge in [0.15, 0.2) is 0 Å². The Balaban J connectivity index is 0.00000192. The van der Waals surface area contributed by atoms with Crippen LogP contribution in [0.15, 0.2) is 40.8 Å². The fourth-order valence-corrected chi connectivity index (χ4v) is 4.55. The number of rotatable bonds is 4. The van der Waals surface area contributed by atoms with Gasteiger partial charge in [-0.25, -0.2) is 4.98 Å². The van der Waals surface area contributed by atoms with Gasteiger partial charge in [-0.3, -0.25) is 4.90 Å². The summed E-state index contributed by atoms with van der Waals surface area (Å²) in [5, 5.41) is 5.86. The molecular formula is C22H26ClN3O2. The van der Waals surface area contributed by atoms with E-state index in [0.717, 1.165) is 53.2 Å². The molecular weight excluding hydrogens is 374 g/mol. The molecule has 2 bridgehead atoms. The summed E-state index contributed by atoms with van der Waals surface area (Å²) < 4.78 is 11.6. The number of likely N-dealkylation sites (tertiary alicyclic amines) is 1. The van der Waals surface area contributed by atoms with Crippen molar-refractivity contribution in [1.82, 2.24) is 15.2 Å². The molecule has 0 spiro atoms. The second-order valence-corrected chi connectivity index (χ2v) is 7.71. The first kappa shape index (κ1) is 19.2. The van der Waals surface area contributed by atoms with E-state index in [4.69, 9.17) is 14.1 Å². The minimum absolute atomic E-state index is 0. The molecule has 5 rings (SSSR count). The van der Waals surface area contributed by atoms with E-state index < -0.39 is 0 Å². The van der Waals surface area contributed by atoms with E-state index >= 15 is 0 Å². The summed E-state index contributed by atoms with van der Waals surface area (Å²) in [6.45, 7) is 5.08. The standard InChI is InChI=1S/C22H25N3O2.ClH/c1-14-20(13-25-11-15-7-8-16(12-25)23-15)24-22(27-14)19-9-10-21(26-2)18-6-4-3-5-17(18)19;/h3-6,9-10,15-16,23H,7-8,11-13H2,1-2H3;1H/t15-,16+;. The molecule has 3 aromatic rings. The number of hydrogen-bond acceptors (Lipinski definition) is 5. The third-order valence-electron chi connectivity index (χ3n) is 5.89. The van der Waals surface area contributed by atoms with Gasteiger partial charge in [-0.1, -0.05) is 24.3 Å². The van der Waals surface area contributed by atoms with Crippen LogP contribution >= 0.6 is 12.4 Å². The molecule has 0 aliphatic carbocycles. The molecule has 2 aliphatic rings. The number of nitrogens with one attached hydrogen (secondary N) is 1. The van der Waals surface area contributed by atoms with Gasteiger partial charge >= 0.3 is 0 Å². The predicted octanol–water partition coefficient (Wildman–Crippen LogP) is 4.17. The van der Waals surface area contributed by atoms with E-state index in [9.17, 15) is 0 Å². The molecule has 0 amide bonds. The molecule has 3 heterocycles. The lowest BCUT2D eigenvalue weighted by Gasteiger charge is -2.32. The van der Waals surface area contributed by atoms with Crippen LogP contribution in [0.3, 0.4) is 0 Å². The van der Waals surface area contributed by atoms with Crippen molar-refractivity contribution >= 4 is 23.2 Å². The quantitative estimate of drug-likeness (QED) is 0.713. The first-order valence-corrected chi connectivity index (χ1v) is 9.72. The van der Waals surface area contributed by atoms with E-state index in [1.165, 1.54) is 12.8 Å². The van der Waals surface area contributed by atoms with Gasteiger partial charge in [0.2, 0.25) is 5.89 Å². The van der Waals surface area contributed by atoms with Crippen LogP contribution < -0.4 is 10.1 Å². The Morgan fingerprint density at radius 1 is 1.11 bits per heavy atom. The molecule has 28 heavy (non-hydrogen) atoms. The van der Waals surface area contributed by atoms with Gasteiger partial charge in [-0.2, -0.15) is 0 Å². The first-order valence-electron chi connectivity index (χ1n) is 9.72. The number of fused-ring (bicyclic) bond motifs is 3. The number of methoxy groups -OCH3 is 1. The fraction of sp³-hybridized carbons (Fsp3) is 0.409. The minimum atomic E-state index is 0. The van der Waals surface area contributed by atoms with E-state index in [0.29, 0.717) is 18.0 Å². The largest absolute Gasteiger partial charge is 0.496 e. The van der Waals surface area contributed by atoms with E-state index in [1.807, 2.05) is 31.2 Å². The summed E-state index contributed by atoms with van der Waals surface area (Å²) >= 11 is 0. The summed E-state index contributed by atoms with van der Waals surface area (Å²) in [7, 11) is 1.70. The highest BCUT2D eigenvalue weighted by molar-refractivity contribution is 5.98. The van der Waals surface area contributed by atoms with Crippen molar-refractivity contribution in [2.45, 2.75) is 38.4 Å². The van der Waals surface area contributed by atoms with E-state index in [1.54, 1.807) is 7.11 Å². The molecule has 0 unspecified atom stereocenters. The van der Waals surface area contributed by atoms with Crippen molar-refractivity contribution in [3.63, 3.8) is 0 Å². The van der Waals surface area contributed by atoms with Gasteiger partial charge in [-0.15, -0.1) is 12.4 Å². The molecule has 5 nitrogen and oxygen atoms in total. The van der Waals surface area contributed by atoms with Crippen LogP contribution in [-0.4, -0.2) is 42.2 Å². The molecule has 2 atom stereocenters. The topological polar surface area (TPSA) is 50.5 Å². The van der Waals surface area contributed by atoms with Crippen molar-refractivity contribution in [3.8, 4) is 17.2 Å². The van der Waals surface area contributed by atoms with Gasteiger partial charge in [-0.05, 0) is 37.3 Å². The number of oxazole rings is 1.